The maximum Gasteiger partial charge on any atom is 0.332 e. The third-order valence-corrected chi connectivity index (χ3v) is 4.12. The van der Waals surface area contributed by atoms with Crippen molar-refractivity contribution in [3.05, 3.63) is 51.2 Å². The quantitative estimate of drug-likeness (QED) is 0.711. The second kappa shape index (κ2) is 7.43. The number of benzene rings is 1. The molecule has 0 bridgehead atoms. The van der Waals surface area contributed by atoms with Crippen LogP contribution in [-0.4, -0.2) is 34.9 Å². The summed E-state index contributed by atoms with van der Waals surface area (Å²) in [5.74, 6) is 1.67. The first kappa shape index (κ1) is 17.1. The molecule has 1 aliphatic heterocycles. The molecule has 3 rings (SSSR count). The number of hydrogen-bond acceptors (Lipinski definition) is 6. The van der Waals surface area contributed by atoms with Gasteiger partial charge in [0.2, 0.25) is 0 Å². The Balaban J connectivity index is 1.45. The highest BCUT2D eigenvalue weighted by Gasteiger charge is 2.19. The van der Waals surface area contributed by atoms with Gasteiger partial charge in [0.25, 0.3) is 5.56 Å². The normalized spacial score (nSPS) is 16.0. The van der Waals surface area contributed by atoms with Gasteiger partial charge in [-0.3, -0.25) is 13.9 Å². The highest BCUT2D eigenvalue weighted by molar-refractivity contribution is 5.40. The van der Waals surface area contributed by atoms with E-state index in [-0.39, 0.29) is 17.5 Å². The van der Waals surface area contributed by atoms with Crippen molar-refractivity contribution in [1.29, 1.82) is 0 Å². The number of nitrogen functional groups attached to an aromatic ring is 1. The zero-order chi connectivity index (χ0) is 17.8. The monoisotopic (exact) mass is 346 g/mol. The Hall–Kier alpha value is -2.74. The minimum atomic E-state index is -0.398. The molecule has 25 heavy (non-hydrogen) atoms. The topological polar surface area (TPSA) is 101 Å². The van der Waals surface area contributed by atoms with Crippen LogP contribution in [0.2, 0.25) is 0 Å². The molecule has 0 saturated heterocycles. The lowest BCUT2D eigenvalue weighted by Gasteiger charge is -2.26. The van der Waals surface area contributed by atoms with Gasteiger partial charge in [0.05, 0.1) is 0 Å². The number of nitrogens with two attached hydrogens (primary N) is 1. The van der Waals surface area contributed by atoms with Crippen LogP contribution in [0.3, 0.4) is 0 Å². The van der Waals surface area contributed by atoms with Gasteiger partial charge in [0.15, 0.2) is 11.5 Å². The molecule has 2 heterocycles. The number of ether oxygens (including phenoxy) is 2. The number of anilines is 1. The molecule has 0 aliphatic carbocycles. The van der Waals surface area contributed by atoms with E-state index in [1.807, 2.05) is 24.3 Å². The summed E-state index contributed by atoms with van der Waals surface area (Å²) in [7, 11) is 1.55. The Morgan fingerprint density at radius 1 is 1.28 bits per heavy atom. The van der Waals surface area contributed by atoms with Crippen LogP contribution in [0, 0.1) is 0 Å². The molecule has 1 atom stereocenters. The van der Waals surface area contributed by atoms with E-state index in [1.54, 1.807) is 7.05 Å². The molecule has 0 radical (unpaired) electrons. The summed E-state index contributed by atoms with van der Waals surface area (Å²) in [6.45, 7) is 2.11. The van der Waals surface area contributed by atoms with Crippen LogP contribution in [0.25, 0.3) is 0 Å². The van der Waals surface area contributed by atoms with E-state index in [1.165, 1.54) is 15.2 Å². The summed E-state index contributed by atoms with van der Waals surface area (Å²) in [6.07, 6.45) is 0.575. The van der Waals surface area contributed by atoms with Crippen LogP contribution in [0.5, 0.6) is 11.5 Å². The Morgan fingerprint density at radius 3 is 2.84 bits per heavy atom. The molecule has 1 unspecified atom stereocenters. The highest BCUT2D eigenvalue weighted by atomic mass is 16.6. The molecular formula is C17H22N4O4. The smallest absolute Gasteiger partial charge is 0.332 e. The molecule has 0 amide bonds. The Morgan fingerprint density at radius 2 is 2.04 bits per heavy atom. The molecule has 1 aromatic carbocycles. The van der Waals surface area contributed by atoms with Crippen molar-refractivity contribution in [1.82, 2.24) is 14.5 Å². The molecule has 2 aromatic rings. The van der Waals surface area contributed by atoms with Gasteiger partial charge in [0.1, 0.15) is 18.5 Å². The van der Waals surface area contributed by atoms with E-state index in [4.69, 9.17) is 15.2 Å². The zero-order valence-electron chi connectivity index (χ0n) is 14.1. The summed E-state index contributed by atoms with van der Waals surface area (Å²) in [6, 6.07) is 8.83. The van der Waals surface area contributed by atoms with Crippen molar-refractivity contribution >= 4 is 5.82 Å². The van der Waals surface area contributed by atoms with Crippen LogP contribution in [0.15, 0.2) is 39.9 Å². The average Bonchev–Trinajstić information content (AvgIpc) is 2.62. The van der Waals surface area contributed by atoms with Crippen LogP contribution in [0.1, 0.15) is 6.42 Å². The molecule has 134 valence electrons. The van der Waals surface area contributed by atoms with Crippen LogP contribution in [0.4, 0.5) is 5.82 Å². The first-order valence-electron chi connectivity index (χ1n) is 8.22. The minimum absolute atomic E-state index is 0.0676. The van der Waals surface area contributed by atoms with E-state index in [9.17, 15) is 9.59 Å². The summed E-state index contributed by atoms with van der Waals surface area (Å²) in [4.78, 5) is 23.9. The van der Waals surface area contributed by atoms with Crippen molar-refractivity contribution < 1.29 is 9.47 Å². The number of fused-ring (bicyclic) bond motifs is 1. The van der Waals surface area contributed by atoms with Crippen molar-refractivity contribution in [3.63, 3.8) is 0 Å². The van der Waals surface area contributed by atoms with Crippen molar-refractivity contribution in [2.24, 2.45) is 7.05 Å². The van der Waals surface area contributed by atoms with Gasteiger partial charge in [-0.05, 0) is 25.1 Å². The second-order valence-electron chi connectivity index (χ2n) is 5.96. The Labute approximate surface area is 144 Å². The Kier molecular flexibility index (Phi) is 5.08. The van der Waals surface area contributed by atoms with Gasteiger partial charge < -0.3 is 20.5 Å². The maximum atomic E-state index is 12.0. The molecule has 0 spiro atoms. The number of aromatic nitrogens is 2. The molecule has 0 saturated carbocycles. The minimum Gasteiger partial charge on any atom is -0.486 e. The molecular weight excluding hydrogens is 324 g/mol. The molecule has 1 aromatic heterocycles. The number of hydrogen-bond donors (Lipinski definition) is 2. The fraction of sp³-hybridized carbons (Fsp3) is 0.412. The van der Waals surface area contributed by atoms with Gasteiger partial charge in [0, 0.05) is 26.2 Å². The molecule has 8 heteroatoms. The predicted octanol–water partition coefficient (Wildman–Crippen LogP) is -0.0511. The van der Waals surface area contributed by atoms with Crippen LogP contribution in [-0.2, 0) is 13.6 Å². The number of nitrogens with zero attached hydrogens (tertiary/aromatic N) is 2. The Bertz CT molecular complexity index is 858. The largest absolute Gasteiger partial charge is 0.486 e. The van der Waals surface area contributed by atoms with Gasteiger partial charge in [-0.15, -0.1) is 0 Å². The maximum absolute atomic E-state index is 12.0. The lowest BCUT2D eigenvalue weighted by atomic mass is 10.2. The predicted molar refractivity (Wildman–Crippen MR) is 94.2 cm³/mol. The molecule has 3 N–H and O–H groups in total. The van der Waals surface area contributed by atoms with E-state index in [0.29, 0.717) is 32.7 Å². The fourth-order valence-electron chi connectivity index (χ4n) is 2.68. The van der Waals surface area contributed by atoms with E-state index < -0.39 is 5.69 Å². The molecule has 1 aliphatic rings. The third-order valence-electron chi connectivity index (χ3n) is 4.12. The number of para-hydroxylation sites is 2. The third kappa shape index (κ3) is 3.85. The van der Waals surface area contributed by atoms with Gasteiger partial charge in [-0.2, -0.15) is 0 Å². The summed E-state index contributed by atoms with van der Waals surface area (Å²) in [5.41, 5.74) is 4.82. The molecule has 8 nitrogen and oxygen atoms in total. The zero-order valence-corrected chi connectivity index (χ0v) is 14.1. The molecule has 0 fully saturated rings. The van der Waals surface area contributed by atoms with Crippen molar-refractivity contribution in [2.75, 3.05) is 25.4 Å². The standard InChI is InChI=1S/C17H22N4O4/c1-20-15(18)9-16(22)21(17(20)23)8-4-7-19-10-12-11-24-13-5-2-3-6-14(13)25-12/h2-3,5-6,9,12,19H,4,7-8,10-11,18H2,1H3. The first-order valence-corrected chi connectivity index (χ1v) is 8.22. The highest BCUT2D eigenvalue weighted by Crippen LogP contribution is 2.30. The lowest BCUT2D eigenvalue weighted by Crippen LogP contribution is -2.41. The first-order chi connectivity index (χ1) is 12.1. The number of nitrogens with one attached hydrogen (secondary N) is 1. The SMILES string of the molecule is Cn1c(N)cc(=O)n(CCCNCC2COc3ccccc3O2)c1=O. The van der Waals surface area contributed by atoms with E-state index in [0.717, 1.165) is 11.5 Å². The fourth-order valence-corrected chi connectivity index (χ4v) is 2.68. The van der Waals surface area contributed by atoms with Gasteiger partial charge in [-0.1, -0.05) is 12.1 Å². The van der Waals surface area contributed by atoms with Crippen molar-refractivity contribution in [3.8, 4) is 11.5 Å². The van der Waals surface area contributed by atoms with Crippen LogP contribution < -0.4 is 31.8 Å². The summed E-state index contributed by atoms with van der Waals surface area (Å²) >= 11 is 0. The summed E-state index contributed by atoms with van der Waals surface area (Å²) in [5, 5.41) is 3.27. The van der Waals surface area contributed by atoms with Crippen molar-refractivity contribution in [2.45, 2.75) is 19.1 Å². The lowest BCUT2D eigenvalue weighted by molar-refractivity contribution is 0.0904. The van der Waals surface area contributed by atoms with Crippen LogP contribution >= 0.6 is 0 Å². The van der Waals surface area contributed by atoms with Gasteiger partial charge in [-0.25, -0.2) is 4.79 Å². The number of rotatable bonds is 6. The summed E-state index contributed by atoms with van der Waals surface area (Å²) < 4.78 is 14.0. The van der Waals surface area contributed by atoms with Gasteiger partial charge >= 0.3 is 5.69 Å². The van der Waals surface area contributed by atoms with E-state index >= 15 is 0 Å². The second-order valence-corrected chi connectivity index (χ2v) is 5.96. The van der Waals surface area contributed by atoms with E-state index in [2.05, 4.69) is 5.32 Å². The average molecular weight is 346 g/mol.